The Morgan fingerprint density at radius 2 is 1.47 bits per heavy atom. The lowest BCUT2D eigenvalue weighted by molar-refractivity contribution is -0.147. The topological polar surface area (TPSA) is 29.5 Å². The van der Waals surface area contributed by atoms with Crippen molar-refractivity contribution in [3.05, 3.63) is 71.8 Å². The average Bonchev–Trinajstić information content (AvgIpc) is 3.09. The first-order valence-electron chi connectivity index (χ1n) is 12.7. The molecule has 3 heteroatoms. The summed E-state index contributed by atoms with van der Waals surface area (Å²) in [6.45, 7) is 4.73. The highest BCUT2D eigenvalue weighted by Gasteiger charge is 2.42. The zero-order valence-corrected chi connectivity index (χ0v) is 20.0. The van der Waals surface area contributed by atoms with Crippen LogP contribution in [0.2, 0.25) is 0 Å². The molecule has 0 saturated carbocycles. The van der Waals surface area contributed by atoms with Gasteiger partial charge >= 0.3 is 5.97 Å². The first-order valence-corrected chi connectivity index (χ1v) is 12.7. The summed E-state index contributed by atoms with van der Waals surface area (Å²) >= 11 is 0. The van der Waals surface area contributed by atoms with Crippen LogP contribution in [0.1, 0.15) is 82.8 Å². The van der Waals surface area contributed by atoms with Crippen LogP contribution in [0.25, 0.3) is 0 Å². The Kier molecular flexibility index (Phi) is 10.3. The monoisotopic (exact) mass is 435 g/mol. The lowest BCUT2D eigenvalue weighted by atomic mass is 10.0. The minimum atomic E-state index is -0.163. The summed E-state index contributed by atoms with van der Waals surface area (Å²) in [7, 11) is 0. The van der Waals surface area contributed by atoms with E-state index < -0.39 is 0 Å². The fourth-order valence-corrected chi connectivity index (χ4v) is 5.15. The number of carbonyl (C=O) groups excluding carboxylic acids is 1. The number of carbonyl (C=O) groups is 1. The van der Waals surface area contributed by atoms with Gasteiger partial charge in [0.05, 0.1) is 6.04 Å². The van der Waals surface area contributed by atoms with Crippen LogP contribution < -0.4 is 0 Å². The van der Waals surface area contributed by atoms with Crippen molar-refractivity contribution < 1.29 is 9.53 Å². The molecule has 1 saturated heterocycles. The molecule has 0 bridgehead atoms. The highest BCUT2D eigenvalue weighted by Crippen LogP contribution is 2.34. The Morgan fingerprint density at radius 1 is 0.875 bits per heavy atom. The first kappa shape index (κ1) is 24.5. The lowest BCUT2D eigenvalue weighted by Gasteiger charge is -2.31. The second-order valence-corrected chi connectivity index (χ2v) is 9.36. The number of unbranched alkanes of at least 4 members (excludes halogenated alkanes) is 6. The van der Waals surface area contributed by atoms with Crippen molar-refractivity contribution in [3.8, 4) is 0 Å². The molecule has 174 valence electrons. The molecule has 1 fully saturated rings. The number of ether oxygens (including phenoxy) is 1. The van der Waals surface area contributed by atoms with Crippen molar-refractivity contribution in [2.24, 2.45) is 0 Å². The zero-order chi connectivity index (χ0) is 22.6. The predicted molar refractivity (Wildman–Crippen MR) is 132 cm³/mol. The standard InChI is InChI=1S/C29H41NO2/c1-3-4-5-6-7-8-15-20-27-22-29(32-24(2)31)28(21-25-16-11-9-12-17-25)30(27)23-26-18-13-10-14-19-26/h9-14,16-19,27-29H,3-8,15,20-23H2,1-2H3/t27-,28+,29+/m1/s1. The molecule has 3 atom stereocenters. The SMILES string of the molecule is CCCCCCCCC[C@@H]1C[C@H](OC(C)=O)[C@H](Cc2ccccc2)N1Cc1ccccc1. The summed E-state index contributed by atoms with van der Waals surface area (Å²) in [5, 5.41) is 0. The fourth-order valence-electron chi connectivity index (χ4n) is 5.15. The number of rotatable bonds is 13. The number of likely N-dealkylation sites (tertiary alicyclic amines) is 1. The maximum atomic E-state index is 11.9. The van der Waals surface area contributed by atoms with E-state index in [0.29, 0.717) is 6.04 Å². The Morgan fingerprint density at radius 3 is 2.09 bits per heavy atom. The Balaban J connectivity index is 1.70. The van der Waals surface area contributed by atoms with E-state index in [-0.39, 0.29) is 18.1 Å². The van der Waals surface area contributed by atoms with Gasteiger partial charge in [0, 0.05) is 25.9 Å². The van der Waals surface area contributed by atoms with Gasteiger partial charge < -0.3 is 4.74 Å². The van der Waals surface area contributed by atoms with Gasteiger partial charge in [-0.15, -0.1) is 0 Å². The van der Waals surface area contributed by atoms with Gasteiger partial charge in [0.1, 0.15) is 6.10 Å². The van der Waals surface area contributed by atoms with E-state index in [0.717, 1.165) is 19.4 Å². The molecule has 0 aromatic heterocycles. The highest BCUT2D eigenvalue weighted by molar-refractivity contribution is 5.66. The van der Waals surface area contributed by atoms with E-state index in [1.807, 2.05) is 0 Å². The average molecular weight is 436 g/mol. The summed E-state index contributed by atoms with van der Waals surface area (Å²) < 4.78 is 5.89. The molecular weight excluding hydrogens is 394 g/mol. The van der Waals surface area contributed by atoms with E-state index >= 15 is 0 Å². The maximum Gasteiger partial charge on any atom is 0.302 e. The molecule has 2 aromatic carbocycles. The molecule has 1 aliphatic heterocycles. The minimum Gasteiger partial charge on any atom is -0.461 e. The van der Waals surface area contributed by atoms with Crippen LogP contribution in [-0.2, 0) is 22.5 Å². The number of benzene rings is 2. The Bertz CT molecular complexity index is 776. The molecule has 2 aromatic rings. The number of hydrogen-bond donors (Lipinski definition) is 0. The van der Waals surface area contributed by atoms with Gasteiger partial charge in [-0.05, 0) is 24.0 Å². The molecule has 0 aliphatic carbocycles. The van der Waals surface area contributed by atoms with Crippen molar-refractivity contribution >= 4 is 5.97 Å². The zero-order valence-electron chi connectivity index (χ0n) is 20.0. The molecule has 1 heterocycles. The quantitative estimate of drug-likeness (QED) is 0.252. The van der Waals surface area contributed by atoms with Gasteiger partial charge in [-0.25, -0.2) is 0 Å². The molecule has 1 aliphatic rings. The summed E-state index contributed by atoms with van der Waals surface area (Å²) in [6.07, 6.45) is 12.3. The molecule has 0 amide bonds. The third-order valence-electron chi connectivity index (χ3n) is 6.78. The number of hydrogen-bond acceptors (Lipinski definition) is 3. The van der Waals surface area contributed by atoms with E-state index in [2.05, 4.69) is 72.5 Å². The molecule has 3 nitrogen and oxygen atoms in total. The minimum absolute atomic E-state index is 0.0361. The molecular formula is C29H41NO2. The molecule has 0 radical (unpaired) electrons. The smallest absolute Gasteiger partial charge is 0.302 e. The van der Waals surface area contributed by atoms with Crippen LogP contribution in [0.3, 0.4) is 0 Å². The van der Waals surface area contributed by atoms with Crippen molar-refractivity contribution in [2.75, 3.05) is 0 Å². The molecule has 0 N–H and O–H groups in total. The van der Waals surface area contributed by atoms with Crippen LogP contribution in [-0.4, -0.2) is 29.1 Å². The third-order valence-corrected chi connectivity index (χ3v) is 6.78. The second kappa shape index (κ2) is 13.4. The molecule has 0 unspecified atom stereocenters. The van der Waals surface area contributed by atoms with Gasteiger partial charge in [-0.2, -0.15) is 0 Å². The number of nitrogens with zero attached hydrogens (tertiary/aromatic N) is 1. The normalized spacial score (nSPS) is 21.0. The van der Waals surface area contributed by atoms with Crippen LogP contribution in [0.4, 0.5) is 0 Å². The molecule has 0 spiro atoms. The van der Waals surface area contributed by atoms with E-state index in [1.165, 1.54) is 62.5 Å². The van der Waals surface area contributed by atoms with Gasteiger partial charge in [0.25, 0.3) is 0 Å². The van der Waals surface area contributed by atoms with Crippen molar-refractivity contribution in [2.45, 2.75) is 103 Å². The highest BCUT2D eigenvalue weighted by atomic mass is 16.5. The second-order valence-electron chi connectivity index (χ2n) is 9.36. The first-order chi connectivity index (χ1) is 15.7. The third kappa shape index (κ3) is 7.78. The van der Waals surface area contributed by atoms with E-state index in [9.17, 15) is 4.79 Å². The van der Waals surface area contributed by atoms with Gasteiger partial charge in [0.15, 0.2) is 0 Å². The van der Waals surface area contributed by atoms with Crippen molar-refractivity contribution in [1.82, 2.24) is 4.90 Å². The number of esters is 1. The van der Waals surface area contributed by atoms with Gasteiger partial charge in [0.2, 0.25) is 0 Å². The van der Waals surface area contributed by atoms with Crippen LogP contribution in [0.5, 0.6) is 0 Å². The maximum absolute atomic E-state index is 11.9. The van der Waals surface area contributed by atoms with Gasteiger partial charge in [-0.3, -0.25) is 9.69 Å². The van der Waals surface area contributed by atoms with Crippen LogP contribution in [0.15, 0.2) is 60.7 Å². The summed E-state index contributed by atoms with van der Waals surface area (Å²) in [4.78, 5) is 14.5. The molecule has 32 heavy (non-hydrogen) atoms. The summed E-state index contributed by atoms with van der Waals surface area (Å²) in [5.41, 5.74) is 2.64. The predicted octanol–water partition coefficient (Wildman–Crippen LogP) is 6.94. The fraction of sp³-hybridized carbons (Fsp3) is 0.552. The van der Waals surface area contributed by atoms with E-state index in [4.69, 9.17) is 4.74 Å². The largest absolute Gasteiger partial charge is 0.461 e. The van der Waals surface area contributed by atoms with Crippen molar-refractivity contribution in [3.63, 3.8) is 0 Å². The molecule has 3 rings (SSSR count). The van der Waals surface area contributed by atoms with Crippen LogP contribution in [0, 0.1) is 0 Å². The Hall–Kier alpha value is -2.13. The Labute approximate surface area is 195 Å². The van der Waals surface area contributed by atoms with Crippen LogP contribution >= 0.6 is 0 Å². The summed E-state index contributed by atoms with van der Waals surface area (Å²) in [6, 6.07) is 22.1. The van der Waals surface area contributed by atoms with Crippen molar-refractivity contribution in [1.29, 1.82) is 0 Å². The van der Waals surface area contributed by atoms with E-state index in [1.54, 1.807) is 6.92 Å². The summed E-state index contributed by atoms with van der Waals surface area (Å²) in [5.74, 6) is -0.163. The lowest BCUT2D eigenvalue weighted by Crippen LogP contribution is -2.41. The van der Waals surface area contributed by atoms with Gasteiger partial charge in [-0.1, -0.05) is 113 Å².